The van der Waals surface area contributed by atoms with Gasteiger partial charge in [-0.05, 0) is 11.5 Å². The molecule has 2 aromatic rings. The zero-order valence-electron chi connectivity index (χ0n) is 9.94. The molecule has 0 saturated carbocycles. The first-order valence-electron chi connectivity index (χ1n) is 5.63. The number of rotatable bonds is 6. The number of nitrogens with two attached hydrogens (primary N) is 1. The summed E-state index contributed by atoms with van der Waals surface area (Å²) < 4.78 is 11.8. The van der Waals surface area contributed by atoms with Gasteiger partial charge in [0, 0.05) is 28.8 Å². The fourth-order valence-corrected chi connectivity index (χ4v) is 2.88. The number of fused-ring (bicyclic) bond motifs is 1. The van der Waals surface area contributed by atoms with Crippen LogP contribution < -0.4 is 5.73 Å². The Morgan fingerprint density at radius 3 is 2.82 bits per heavy atom. The molecule has 0 radical (unpaired) electrons. The lowest BCUT2D eigenvalue weighted by molar-refractivity contribution is 0.0620. The Hall–Kier alpha value is -0.940. The van der Waals surface area contributed by atoms with E-state index in [1.54, 1.807) is 18.4 Å². The Balaban J connectivity index is 2.18. The number of benzene rings is 1. The number of hydrogen-bond acceptors (Lipinski definition) is 4. The summed E-state index contributed by atoms with van der Waals surface area (Å²) in [4.78, 5) is 1.21. The van der Waals surface area contributed by atoms with Gasteiger partial charge in [-0.2, -0.15) is 0 Å². The summed E-state index contributed by atoms with van der Waals surface area (Å²) in [5.41, 5.74) is 7.00. The molecule has 0 unspecified atom stereocenters. The largest absolute Gasteiger partial charge is 0.382 e. The Bertz CT molecular complexity index is 481. The zero-order valence-corrected chi connectivity index (χ0v) is 10.8. The van der Waals surface area contributed by atoms with Gasteiger partial charge in [0.25, 0.3) is 0 Å². The molecule has 2 rings (SSSR count). The zero-order chi connectivity index (χ0) is 12.1. The summed E-state index contributed by atoms with van der Waals surface area (Å²) in [5, 5.41) is 1.26. The van der Waals surface area contributed by atoms with Crippen LogP contribution in [-0.2, 0) is 22.6 Å². The van der Waals surface area contributed by atoms with E-state index in [-0.39, 0.29) is 0 Å². The van der Waals surface area contributed by atoms with E-state index < -0.39 is 0 Å². The molecule has 0 aliphatic heterocycles. The Kier molecular flexibility index (Phi) is 4.50. The minimum atomic E-state index is 0.572. The summed E-state index contributed by atoms with van der Waals surface area (Å²) in [6.07, 6.45) is 0. The van der Waals surface area contributed by atoms with Crippen molar-refractivity contribution in [2.24, 2.45) is 5.73 Å². The highest BCUT2D eigenvalue weighted by Gasteiger charge is 2.10. The van der Waals surface area contributed by atoms with E-state index in [4.69, 9.17) is 15.2 Å². The van der Waals surface area contributed by atoms with Crippen molar-refractivity contribution in [1.29, 1.82) is 0 Å². The molecule has 0 spiro atoms. The summed E-state index contributed by atoms with van der Waals surface area (Å²) >= 11 is 1.75. The molecule has 92 valence electrons. The van der Waals surface area contributed by atoms with E-state index >= 15 is 0 Å². The van der Waals surface area contributed by atoms with Crippen LogP contribution in [0.25, 0.3) is 10.1 Å². The normalized spacial score (nSPS) is 11.2. The molecule has 0 saturated heterocycles. The summed E-state index contributed by atoms with van der Waals surface area (Å²) in [5.74, 6) is 0. The van der Waals surface area contributed by atoms with Crippen LogP contribution in [0.4, 0.5) is 0 Å². The van der Waals surface area contributed by atoms with E-state index in [1.807, 2.05) is 6.07 Å². The predicted molar refractivity (Wildman–Crippen MR) is 71.2 cm³/mol. The van der Waals surface area contributed by atoms with Crippen molar-refractivity contribution in [3.63, 3.8) is 0 Å². The number of ether oxygens (including phenoxy) is 2. The molecule has 0 atom stereocenters. The van der Waals surface area contributed by atoms with Crippen molar-refractivity contribution in [1.82, 2.24) is 0 Å². The van der Waals surface area contributed by atoms with Crippen molar-refractivity contribution in [3.8, 4) is 0 Å². The predicted octanol–water partition coefficient (Wildman–Crippen LogP) is 2.52. The maximum Gasteiger partial charge on any atom is 0.0735 e. The Morgan fingerprint density at radius 2 is 2.06 bits per heavy atom. The average molecular weight is 251 g/mol. The van der Waals surface area contributed by atoms with Gasteiger partial charge in [-0.1, -0.05) is 18.2 Å². The van der Waals surface area contributed by atoms with Crippen molar-refractivity contribution in [3.05, 3.63) is 34.7 Å². The lowest BCUT2D eigenvalue weighted by atomic mass is 10.1. The molecular weight excluding hydrogens is 234 g/mol. The van der Waals surface area contributed by atoms with Gasteiger partial charge >= 0.3 is 0 Å². The van der Waals surface area contributed by atoms with Gasteiger partial charge in [-0.25, -0.2) is 0 Å². The smallest absolute Gasteiger partial charge is 0.0735 e. The molecule has 1 aromatic carbocycles. The third-order valence-corrected chi connectivity index (χ3v) is 3.88. The van der Waals surface area contributed by atoms with E-state index in [0.29, 0.717) is 26.4 Å². The van der Waals surface area contributed by atoms with Gasteiger partial charge in [0.15, 0.2) is 0 Å². The van der Waals surface area contributed by atoms with Crippen molar-refractivity contribution in [2.45, 2.75) is 13.2 Å². The SMILES string of the molecule is COCCOCc1c(CN)sc2ccccc12. The van der Waals surface area contributed by atoms with Crippen LogP contribution in [0.2, 0.25) is 0 Å². The molecule has 0 aliphatic carbocycles. The average Bonchev–Trinajstić information content (AvgIpc) is 2.73. The molecule has 0 amide bonds. The highest BCUT2D eigenvalue weighted by molar-refractivity contribution is 7.19. The Labute approximate surface area is 105 Å². The van der Waals surface area contributed by atoms with Crippen LogP contribution in [0.5, 0.6) is 0 Å². The van der Waals surface area contributed by atoms with Crippen LogP contribution in [-0.4, -0.2) is 20.3 Å². The minimum Gasteiger partial charge on any atom is -0.382 e. The standard InChI is InChI=1S/C13H17NO2S/c1-15-6-7-16-9-11-10-4-2-3-5-12(10)17-13(11)8-14/h2-5H,6-9,14H2,1H3. The molecule has 0 aliphatic rings. The number of methoxy groups -OCH3 is 1. The van der Waals surface area contributed by atoms with Crippen LogP contribution in [0.1, 0.15) is 10.4 Å². The van der Waals surface area contributed by atoms with Gasteiger partial charge < -0.3 is 15.2 Å². The fourth-order valence-electron chi connectivity index (χ4n) is 1.79. The first kappa shape index (κ1) is 12.5. The van der Waals surface area contributed by atoms with Gasteiger partial charge in [-0.3, -0.25) is 0 Å². The molecule has 0 bridgehead atoms. The van der Waals surface area contributed by atoms with Gasteiger partial charge in [0.1, 0.15) is 0 Å². The second-order valence-electron chi connectivity index (χ2n) is 3.75. The van der Waals surface area contributed by atoms with Crippen molar-refractivity contribution < 1.29 is 9.47 Å². The minimum absolute atomic E-state index is 0.572. The lowest BCUT2D eigenvalue weighted by Crippen LogP contribution is -2.04. The molecule has 2 N–H and O–H groups in total. The van der Waals surface area contributed by atoms with Crippen LogP contribution >= 0.6 is 11.3 Å². The first-order chi connectivity index (χ1) is 8.36. The van der Waals surface area contributed by atoms with Crippen molar-refractivity contribution >= 4 is 21.4 Å². The molecule has 17 heavy (non-hydrogen) atoms. The van der Waals surface area contributed by atoms with Crippen LogP contribution in [0.15, 0.2) is 24.3 Å². The second kappa shape index (κ2) is 6.12. The van der Waals surface area contributed by atoms with Crippen molar-refractivity contribution in [2.75, 3.05) is 20.3 Å². The molecule has 0 fully saturated rings. The number of hydrogen-bond donors (Lipinski definition) is 1. The Morgan fingerprint density at radius 1 is 1.24 bits per heavy atom. The number of thiophene rings is 1. The van der Waals surface area contributed by atoms with Crippen LogP contribution in [0, 0.1) is 0 Å². The van der Waals surface area contributed by atoms with E-state index in [9.17, 15) is 0 Å². The van der Waals surface area contributed by atoms with E-state index in [2.05, 4.69) is 18.2 Å². The van der Waals surface area contributed by atoms with Crippen LogP contribution in [0.3, 0.4) is 0 Å². The summed E-state index contributed by atoms with van der Waals surface area (Å²) in [6.45, 7) is 2.42. The second-order valence-corrected chi connectivity index (χ2v) is 4.89. The van der Waals surface area contributed by atoms with Gasteiger partial charge in [0.2, 0.25) is 0 Å². The molecule has 1 heterocycles. The molecule has 1 aromatic heterocycles. The lowest BCUT2D eigenvalue weighted by Gasteiger charge is -2.05. The maximum atomic E-state index is 5.78. The topological polar surface area (TPSA) is 44.5 Å². The highest BCUT2D eigenvalue weighted by atomic mass is 32.1. The fraction of sp³-hybridized carbons (Fsp3) is 0.385. The van der Waals surface area contributed by atoms with Gasteiger partial charge in [0.05, 0.1) is 19.8 Å². The van der Waals surface area contributed by atoms with E-state index in [0.717, 1.165) is 0 Å². The first-order valence-corrected chi connectivity index (χ1v) is 6.44. The molecule has 3 nitrogen and oxygen atoms in total. The highest BCUT2D eigenvalue weighted by Crippen LogP contribution is 2.31. The summed E-state index contributed by atoms with van der Waals surface area (Å²) in [7, 11) is 1.68. The van der Waals surface area contributed by atoms with Gasteiger partial charge in [-0.15, -0.1) is 11.3 Å². The third-order valence-electron chi connectivity index (χ3n) is 2.65. The monoisotopic (exact) mass is 251 g/mol. The van der Waals surface area contributed by atoms with E-state index in [1.165, 1.54) is 20.5 Å². The molecule has 4 heteroatoms. The molecular formula is C13H17NO2S. The maximum absolute atomic E-state index is 5.78. The third kappa shape index (κ3) is 2.84. The summed E-state index contributed by atoms with van der Waals surface area (Å²) in [6, 6.07) is 8.35. The quantitative estimate of drug-likeness (QED) is 0.802.